The molecule has 0 saturated carbocycles. The highest BCUT2D eigenvalue weighted by atomic mass is 31.2. The molecule has 0 spiro atoms. The topological polar surface area (TPSA) is 157 Å². The largest absolute Gasteiger partial charge is 0.459 e. The number of quaternary nitrogens is 2. The van der Waals surface area contributed by atoms with Crippen molar-refractivity contribution >= 4 is 13.6 Å². The average molecular weight is 232 g/mol. The van der Waals surface area contributed by atoms with E-state index in [1.807, 2.05) is 0 Å². The molecule has 0 fully saturated rings. The van der Waals surface area contributed by atoms with Crippen LogP contribution in [0, 0.1) is 0 Å². The minimum absolute atomic E-state index is 0. The van der Waals surface area contributed by atoms with Gasteiger partial charge in [0.15, 0.2) is 0 Å². The Kier molecular flexibility index (Phi) is 8.36. The molecule has 0 atom stereocenters. The first-order chi connectivity index (χ1) is 5.10. The Balaban J connectivity index is -0.000000605. The summed E-state index contributed by atoms with van der Waals surface area (Å²) in [5, 5.41) is 0. The highest BCUT2D eigenvalue weighted by Gasteiger charge is 2.24. The summed E-state index contributed by atoms with van der Waals surface area (Å²) in [5.74, 6) is -0.879. The van der Waals surface area contributed by atoms with Gasteiger partial charge >= 0.3 is 13.6 Å². The summed E-state index contributed by atoms with van der Waals surface area (Å²) >= 11 is 0. The molecule has 0 saturated heterocycles. The smallest absolute Gasteiger partial charge is 0.336 e. The highest BCUT2D eigenvalue weighted by Crippen LogP contribution is 2.34. The molecule has 0 bridgehead atoms. The van der Waals surface area contributed by atoms with Crippen LogP contribution < -0.4 is 12.3 Å². The van der Waals surface area contributed by atoms with Gasteiger partial charge in [-0.1, -0.05) is 0 Å². The van der Waals surface area contributed by atoms with Crippen LogP contribution in [0.25, 0.3) is 0 Å². The Labute approximate surface area is 83.2 Å². The first-order valence-electron chi connectivity index (χ1n) is 3.36. The molecule has 88 valence electrons. The van der Waals surface area contributed by atoms with Gasteiger partial charge in [0.25, 0.3) is 0 Å². The van der Waals surface area contributed by atoms with E-state index in [1.54, 1.807) is 20.8 Å². The van der Waals surface area contributed by atoms with Gasteiger partial charge in [-0.3, -0.25) is 9.36 Å². The van der Waals surface area contributed by atoms with Gasteiger partial charge in [-0.15, -0.1) is 0 Å². The molecular formula is C6H21N2O5P+2. The number of ether oxygens (including phenoxy) is 1. The van der Waals surface area contributed by atoms with Crippen molar-refractivity contribution in [3.63, 3.8) is 0 Å². The van der Waals surface area contributed by atoms with Gasteiger partial charge < -0.3 is 26.8 Å². The first-order valence-corrected chi connectivity index (χ1v) is 5.16. The summed E-state index contributed by atoms with van der Waals surface area (Å²) in [6.07, 6.45) is -0.857. The number of carbonyl (C=O) groups is 1. The van der Waals surface area contributed by atoms with Crippen LogP contribution in [0.4, 0.5) is 0 Å². The van der Waals surface area contributed by atoms with Gasteiger partial charge in [0.05, 0.1) is 0 Å². The van der Waals surface area contributed by atoms with E-state index in [1.165, 1.54) is 0 Å². The minimum Gasteiger partial charge on any atom is -0.459 e. The molecule has 0 aliphatic carbocycles. The van der Waals surface area contributed by atoms with E-state index in [0.29, 0.717) is 0 Å². The number of carbonyl (C=O) groups excluding carboxylic acids is 1. The second kappa shape index (κ2) is 6.10. The zero-order valence-corrected chi connectivity index (χ0v) is 10.2. The lowest BCUT2D eigenvalue weighted by Gasteiger charge is -2.19. The fraction of sp³-hybridized carbons (Fsp3) is 0.833. The van der Waals surface area contributed by atoms with Gasteiger partial charge in [0, 0.05) is 0 Å². The monoisotopic (exact) mass is 232 g/mol. The van der Waals surface area contributed by atoms with Crippen molar-refractivity contribution in [1.82, 2.24) is 12.3 Å². The van der Waals surface area contributed by atoms with E-state index in [0.717, 1.165) is 0 Å². The lowest BCUT2D eigenvalue weighted by molar-refractivity contribution is -0.151. The van der Waals surface area contributed by atoms with E-state index in [4.69, 9.17) is 9.79 Å². The van der Waals surface area contributed by atoms with Crippen molar-refractivity contribution in [2.24, 2.45) is 0 Å². The maximum absolute atomic E-state index is 10.8. The third kappa shape index (κ3) is 14.1. The molecule has 0 aliphatic heterocycles. The molecule has 0 aromatic carbocycles. The number of hydrogen-bond acceptors (Lipinski definition) is 3. The standard InChI is InChI=1S/C6H13O5P.2H3N/c1-6(2,3)11-5(7)4-12(8,9)10;;/h4H2,1-3H3,(H2,8,9,10);2*1H3/p+2. The highest BCUT2D eigenvalue weighted by molar-refractivity contribution is 7.52. The van der Waals surface area contributed by atoms with Crippen LogP contribution in [-0.4, -0.2) is 27.5 Å². The van der Waals surface area contributed by atoms with Crippen molar-refractivity contribution in [2.45, 2.75) is 26.4 Å². The minimum atomic E-state index is -4.28. The van der Waals surface area contributed by atoms with Gasteiger partial charge in [-0.05, 0) is 20.8 Å². The van der Waals surface area contributed by atoms with Crippen LogP contribution in [0.3, 0.4) is 0 Å². The van der Waals surface area contributed by atoms with Crippen LogP contribution in [0.2, 0.25) is 0 Å². The third-order valence-electron chi connectivity index (χ3n) is 0.755. The summed E-state index contributed by atoms with van der Waals surface area (Å²) in [7, 11) is -4.28. The molecule has 0 aliphatic rings. The average Bonchev–Trinajstić information content (AvgIpc) is 1.49. The maximum Gasteiger partial charge on any atom is 0.336 e. The number of esters is 1. The predicted molar refractivity (Wildman–Crippen MR) is 54.7 cm³/mol. The fourth-order valence-corrected chi connectivity index (χ4v) is 0.943. The van der Waals surface area contributed by atoms with E-state index in [9.17, 15) is 9.36 Å². The summed E-state index contributed by atoms with van der Waals surface area (Å²) < 4.78 is 15.0. The molecule has 0 rings (SSSR count). The second-order valence-corrected chi connectivity index (χ2v) is 5.05. The summed E-state index contributed by atoms with van der Waals surface area (Å²) in [6.45, 7) is 4.89. The van der Waals surface area contributed by atoms with Crippen LogP contribution >= 0.6 is 7.60 Å². The Morgan fingerprint density at radius 1 is 1.29 bits per heavy atom. The first kappa shape index (κ1) is 19.2. The molecular weight excluding hydrogens is 211 g/mol. The Hall–Kier alpha value is -0.460. The van der Waals surface area contributed by atoms with Gasteiger partial charge in [0.2, 0.25) is 0 Å². The predicted octanol–water partition coefficient (Wildman–Crippen LogP) is 1.26. The lowest BCUT2D eigenvalue weighted by atomic mass is 10.2. The van der Waals surface area contributed by atoms with Crippen molar-refractivity contribution < 1.29 is 23.9 Å². The van der Waals surface area contributed by atoms with Crippen molar-refractivity contribution in [1.29, 1.82) is 0 Å². The number of hydrogen-bond donors (Lipinski definition) is 4. The molecule has 0 aromatic heterocycles. The summed E-state index contributed by atoms with van der Waals surface area (Å²) in [6, 6.07) is 0. The van der Waals surface area contributed by atoms with Crippen LogP contribution in [0.15, 0.2) is 0 Å². The Morgan fingerprint density at radius 2 is 1.64 bits per heavy atom. The van der Waals surface area contributed by atoms with Gasteiger partial charge in [0.1, 0.15) is 11.8 Å². The van der Waals surface area contributed by atoms with Crippen LogP contribution in [0.1, 0.15) is 20.8 Å². The van der Waals surface area contributed by atoms with E-state index < -0.39 is 25.3 Å². The maximum atomic E-state index is 10.8. The van der Waals surface area contributed by atoms with E-state index in [2.05, 4.69) is 4.74 Å². The SMILES string of the molecule is CC(C)(C)OC(=O)CP(=O)(O)O.[NH4+].[NH4+]. The zero-order chi connectivity index (χ0) is 9.99. The molecule has 0 amide bonds. The van der Waals surface area contributed by atoms with Crippen molar-refractivity contribution in [3.05, 3.63) is 0 Å². The number of rotatable bonds is 2. The van der Waals surface area contributed by atoms with Crippen molar-refractivity contribution in [2.75, 3.05) is 6.16 Å². The summed E-state index contributed by atoms with van der Waals surface area (Å²) in [5.41, 5.74) is -0.702. The lowest BCUT2D eigenvalue weighted by Crippen LogP contribution is -2.25. The normalized spacial score (nSPS) is 10.9. The van der Waals surface area contributed by atoms with Crippen LogP contribution in [-0.2, 0) is 14.1 Å². The molecule has 7 nitrogen and oxygen atoms in total. The Bertz CT molecular complexity index is 219. The van der Waals surface area contributed by atoms with Gasteiger partial charge in [-0.2, -0.15) is 0 Å². The molecule has 0 heterocycles. The van der Waals surface area contributed by atoms with E-state index in [-0.39, 0.29) is 12.3 Å². The quantitative estimate of drug-likeness (QED) is 0.416. The molecule has 0 aromatic rings. The van der Waals surface area contributed by atoms with E-state index >= 15 is 0 Å². The molecule has 0 radical (unpaired) electrons. The Morgan fingerprint density at radius 3 is 1.86 bits per heavy atom. The second-order valence-electron chi connectivity index (χ2n) is 3.41. The summed E-state index contributed by atoms with van der Waals surface area (Å²) in [4.78, 5) is 27.6. The molecule has 8 heteroatoms. The zero-order valence-electron chi connectivity index (χ0n) is 9.27. The molecule has 14 heavy (non-hydrogen) atoms. The fourth-order valence-electron chi connectivity index (χ4n) is 0.542. The van der Waals surface area contributed by atoms with Crippen molar-refractivity contribution in [3.8, 4) is 0 Å². The van der Waals surface area contributed by atoms with Gasteiger partial charge in [-0.25, -0.2) is 0 Å². The molecule has 0 unspecified atom stereocenters. The third-order valence-corrected chi connectivity index (χ3v) is 1.43. The molecule has 10 N–H and O–H groups in total. The van der Waals surface area contributed by atoms with Crippen LogP contribution in [0.5, 0.6) is 0 Å².